The second-order valence-corrected chi connectivity index (χ2v) is 12.7. The molecule has 0 amide bonds. The monoisotopic (exact) mass is 712 g/mol. The largest absolute Gasteiger partial charge is 0.570 e. The van der Waals surface area contributed by atoms with Crippen molar-refractivity contribution in [3.05, 3.63) is 71.8 Å². The van der Waals surface area contributed by atoms with Gasteiger partial charge in [-0.05, 0) is 30.4 Å². The van der Waals surface area contributed by atoms with Crippen LogP contribution in [0.3, 0.4) is 0 Å². The zero-order valence-corrected chi connectivity index (χ0v) is 27.6. The van der Waals surface area contributed by atoms with Crippen LogP contribution in [-0.4, -0.2) is 151 Å². The maximum absolute atomic E-state index is 12.0. The van der Waals surface area contributed by atoms with Crippen LogP contribution in [0.1, 0.15) is 17.5 Å². The fourth-order valence-electron chi connectivity index (χ4n) is 5.11. The van der Waals surface area contributed by atoms with E-state index in [0.29, 0.717) is 18.4 Å². The molecule has 0 saturated heterocycles. The van der Waals surface area contributed by atoms with Crippen molar-refractivity contribution in [2.45, 2.75) is 31.3 Å². The number of carboxylic acid groups (broad SMARTS) is 5. The van der Waals surface area contributed by atoms with Crippen molar-refractivity contribution in [1.29, 1.82) is 0 Å². The topological polar surface area (TPSA) is 255 Å². The van der Waals surface area contributed by atoms with Crippen molar-refractivity contribution >= 4 is 38.0 Å². The molecular weight excluding hydrogens is 669 g/mol. The number of hydrogen-bond donors (Lipinski definition) is 7. The lowest BCUT2D eigenvalue weighted by Gasteiger charge is -2.37. The van der Waals surface area contributed by atoms with E-state index in [2.05, 4.69) is 0 Å². The summed E-state index contributed by atoms with van der Waals surface area (Å²) < 4.78 is 10.5. The van der Waals surface area contributed by atoms with Crippen molar-refractivity contribution in [3.8, 4) is 0 Å². The third-order valence-electron chi connectivity index (χ3n) is 7.14. The molecule has 2 rings (SSSR count). The van der Waals surface area contributed by atoms with Gasteiger partial charge in [0.05, 0.1) is 38.8 Å². The van der Waals surface area contributed by atoms with E-state index in [4.69, 9.17) is 9.05 Å². The van der Waals surface area contributed by atoms with Gasteiger partial charge in [-0.3, -0.25) is 38.7 Å². The molecule has 18 heteroatoms. The Kier molecular flexibility index (Phi) is 17.7. The molecule has 0 aromatic heterocycles. The van der Waals surface area contributed by atoms with Crippen LogP contribution in [0.4, 0.5) is 0 Å². The Morgan fingerprint density at radius 2 is 1.02 bits per heavy atom. The summed E-state index contributed by atoms with van der Waals surface area (Å²) in [5.74, 6) is -6.88. The van der Waals surface area contributed by atoms with Gasteiger partial charge in [-0.15, -0.1) is 0 Å². The lowest BCUT2D eigenvalue weighted by atomic mass is 10.0. The number of hydrogen-bond acceptors (Lipinski definition) is 12. The normalized spacial score (nSPS) is 13.0. The number of aliphatic carboxylic acids is 5. The molecule has 0 aliphatic rings. The molecule has 270 valence electrons. The van der Waals surface area contributed by atoms with Gasteiger partial charge < -0.3 is 25.5 Å². The molecule has 49 heavy (non-hydrogen) atoms. The number of carbonyl (C=O) groups is 5. The minimum Gasteiger partial charge on any atom is -0.480 e. The molecule has 0 spiro atoms. The molecule has 0 aliphatic carbocycles. The van der Waals surface area contributed by atoms with Crippen molar-refractivity contribution in [2.24, 2.45) is 0 Å². The summed E-state index contributed by atoms with van der Waals surface area (Å²) in [6.45, 7) is -5.32. The minimum absolute atomic E-state index is 0.0887. The van der Waals surface area contributed by atoms with E-state index in [1.165, 1.54) is 4.90 Å². The number of carboxylic acids is 5. The molecule has 2 unspecified atom stereocenters. The Hall–Kier alpha value is -4.06. The fourth-order valence-corrected chi connectivity index (χ4v) is 5.92. The van der Waals surface area contributed by atoms with Gasteiger partial charge in [0.25, 0.3) is 0 Å². The Balaban J connectivity index is 2.35. The summed E-state index contributed by atoms with van der Waals surface area (Å²) in [6.07, 6.45) is 1.04. The average Bonchev–Trinajstić information content (AvgIpc) is 3.00. The molecule has 2 aromatic carbocycles. The van der Waals surface area contributed by atoms with Crippen LogP contribution < -0.4 is 0 Å². The van der Waals surface area contributed by atoms with Crippen molar-refractivity contribution in [2.75, 3.05) is 59.0 Å². The summed E-state index contributed by atoms with van der Waals surface area (Å²) in [5.41, 5.74) is 1.67. The molecule has 2 aromatic rings. The van der Waals surface area contributed by atoms with E-state index in [9.17, 15) is 59.3 Å². The maximum atomic E-state index is 12.0. The predicted octanol–water partition coefficient (Wildman–Crippen LogP) is 0.624. The van der Waals surface area contributed by atoms with Crippen LogP contribution >= 0.6 is 8.17 Å². The van der Waals surface area contributed by atoms with Gasteiger partial charge in [0, 0.05) is 19.1 Å². The quantitative estimate of drug-likeness (QED) is 0.0521. The van der Waals surface area contributed by atoms with E-state index in [0.717, 1.165) is 15.4 Å². The van der Waals surface area contributed by atoms with Crippen LogP contribution in [0.5, 0.6) is 0 Å². The van der Waals surface area contributed by atoms with Gasteiger partial charge in [-0.25, -0.2) is 0 Å². The second kappa shape index (κ2) is 21.1. The summed E-state index contributed by atoms with van der Waals surface area (Å²) in [4.78, 5) is 83.1. The minimum atomic E-state index is -4.51. The SMILES string of the molecule is O=C(O)CN(CC(CO[P+](O)(O)OCCCc1ccccc1)N(CC(=O)O)CC(=O)O)CC(Cc1ccccc1)N(CC(=O)O)CC(=O)O. The Bertz CT molecular complexity index is 1320. The fraction of sp³-hybridized carbons (Fsp3) is 0.452. The van der Waals surface area contributed by atoms with Gasteiger partial charge >= 0.3 is 38.0 Å². The first kappa shape index (κ1) is 41.1. The number of nitrogens with zero attached hydrogens (tertiary/aromatic N) is 3. The third kappa shape index (κ3) is 17.8. The predicted molar refractivity (Wildman–Crippen MR) is 174 cm³/mol. The smallest absolute Gasteiger partial charge is 0.480 e. The van der Waals surface area contributed by atoms with Crippen LogP contribution in [0, 0.1) is 0 Å². The van der Waals surface area contributed by atoms with Crippen LogP contribution in [-0.2, 0) is 45.9 Å². The van der Waals surface area contributed by atoms with E-state index in [1.807, 2.05) is 30.3 Å². The molecular formula is C31H43N3O14P+. The van der Waals surface area contributed by atoms with Crippen LogP contribution in [0.15, 0.2) is 60.7 Å². The molecule has 0 aliphatic heterocycles. The Morgan fingerprint density at radius 3 is 1.49 bits per heavy atom. The first-order valence-electron chi connectivity index (χ1n) is 15.1. The summed E-state index contributed by atoms with van der Waals surface area (Å²) >= 11 is 0. The second-order valence-electron chi connectivity index (χ2n) is 11.2. The Labute approximate surface area is 283 Å². The molecule has 2 atom stereocenters. The highest BCUT2D eigenvalue weighted by molar-refractivity contribution is 7.54. The first-order chi connectivity index (χ1) is 23.1. The highest BCUT2D eigenvalue weighted by Gasteiger charge is 2.42. The molecule has 0 bridgehead atoms. The highest BCUT2D eigenvalue weighted by Crippen LogP contribution is 2.52. The third-order valence-corrected chi connectivity index (χ3v) is 8.15. The number of rotatable bonds is 26. The lowest BCUT2D eigenvalue weighted by molar-refractivity contribution is -0.145. The van der Waals surface area contributed by atoms with Crippen molar-refractivity contribution in [1.82, 2.24) is 14.7 Å². The van der Waals surface area contributed by atoms with Gasteiger partial charge in [0.1, 0.15) is 13.2 Å². The average molecular weight is 713 g/mol. The molecule has 0 heterocycles. The number of aryl methyl sites for hydroxylation is 1. The summed E-state index contributed by atoms with van der Waals surface area (Å²) in [5, 5.41) is 47.8. The van der Waals surface area contributed by atoms with E-state index in [1.54, 1.807) is 30.3 Å². The zero-order valence-electron chi connectivity index (χ0n) is 26.7. The van der Waals surface area contributed by atoms with Gasteiger partial charge in [-0.1, -0.05) is 60.7 Å². The van der Waals surface area contributed by atoms with Crippen LogP contribution in [0.2, 0.25) is 0 Å². The number of benzene rings is 2. The van der Waals surface area contributed by atoms with E-state index < -0.39 is 96.0 Å². The Morgan fingerprint density at radius 1 is 0.592 bits per heavy atom. The highest BCUT2D eigenvalue weighted by atomic mass is 31.2. The van der Waals surface area contributed by atoms with Crippen molar-refractivity contribution < 1.29 is 68.3 Å². The van der Waals surface area contributed by atoms with Gasteiger partial charge in [0.15, 0.2) is 0 Å². The van der Waals surface area contributed by atoms with Gasteiger partial charge in [-0.2, -0.15) is 18.8 Å². The molecule has 17 nitrogen and oxygen atoms in total. The summed E-state index contributed by atoms with van der Waals surface area (Å²) in [6, 6.07) is 15.7. The summed E-state index contributed by atoms with van der Waals surface area (Å²) in [7, 11) is -4.51. The molecule has 7 N–H and O–H groups in total. The van der Waals surface area contributed by atoms with Gasteiger partial charge in [0.2, 0.25) is 0 Å². The van der Waals surface area contributed by atoms with Crippen molar-refractivity contribution in [3.63, 3.8) is 0 Å². The first-order valence-corrected chi connectivity index (χ1v) is 16.7. The zero-order chi connectivity index (χ0) is 36.4. The van der Waals surface area contributed by atoms with E-state index in [-0.39, 0.29) is 19.6 Å². The lowest BCUT2D eigenvalue weighted by Crippen LogP contribution is -2.55. The molecule has 0 fully saturated rings. The molecule has 0 radical (unpaired) electrons. The standard InChI is InChI=1S/C31H42N3O14P/c35-27(36)17-32(15-25(14-24-10-5-2-6-11-24)33(18-28(37)38)19-29(39)40)16-26(34(20-30(41)42)21-31(43)44)22-48-49(45,46)47-13-7-12-23-8-3-1-4-9-23/h1-6,8-11,25-26,45-46H,7,12-22H2,(H4-,35,36,37,38,39,40,41,42,43,44)/p+1. The van der Waals surface area contributed by atoms with E-state index >= 15 is 0 Å². The molecule has 0 saturated carbocycles. The maximum Gasteiger partial charge on any atom is 0.570 e. The van der Waals surface area contributed by atoms with Crippen LogP contribution in [0.25, 0.3) is 0 Å².